The number of sulfonamides is 1. The van der Waals surface area contributed by atoms with Crippen molar-refractivity contribution in [1.29, 1.82) is 0 Å². The van der Waals surface area contributed by atoms with Gasteiger partial charge >= 0.3 is 5.97 Å². The van der Waals surface area contributed by atoms with Gasteiger partial charge in [-0.15, -0.1) is 0 Å². The Morgan fingerprint density at radius 2 is 1.46 bits per heavy atom. The number of ketones is 1. The van der Waals surface area contributed by atoms with Crippen LogP contribution >= 0.6 is 0 Å². The number of piperazine rings is 1. The maximum absolute atomic E-state index is 12.7. The van der Waals surface area contributed by atoms with Crippen LogP contribution in [0.15, 0.2) is 71.6 Å². The minimum Gasteiger partial charge on any atom is -0.478 e. The summed E-state index contributed by atoms with van der Waals surface area (Å²) < 4.78 is 27.9. The van der Waals surface area contributed by atoms with Crippen molar-refractivity contribution in [2.45, 2.75) is 18.7 Å². The first-order valence-corrected chi connectivity index (χ1v) is 12.7. The van der Waals surface area contributed by atoms with E-state index in [1.807, 2.05) is 36.1 Å². The summed E-state index contributed by atoms with van der Waals surface area (Å²) in [5, 5.41) is 9.83. The van der Waals surface area contributed by atoms with E-state index in [-0.39, 0.29) is 21.9 Å². The van der Waals surface area contributed by atoms with Gasteiger partial charge in [0.25, 0.3) is 10.0 Å². The van der Waals surface area contributed by atoms with Gasteiger partial charge in [-0.1, -0.05) is 17.7 Å². The average Bonchev–Trinajstić information content (AvgIpc) is 2.84. The first-order chi connectivity index (χ1) is 16.6. The number of carboxylic acids is 1. The molecule has 0 aromatic heterocycles. The van der Waals surface area contributed by atoms with Crippen molar-refractivity contribution in [3.8, 4) is 0 Å². The number of carbonyl (C=O) groups is 2. The molecule has 0 bridgehead atoms. The lowest BCUT2D eigenvalue weighted by Crippen LogP contribution is -2.47. The largest absolute Gasteiger partial charge is 0.478 e. The van der Waals surface area contributed by atoms with Crippen molar-refractivity contribution < 1.29 is 23.1 Å². The van der Waals surface area contributed by atoms with Gasteiger partial charge in [-0.05, 0) is 68.4 Å². The zero-order valence-corrected chi connectivity index (χ0v) is 20.4. The van der Waals surface area contributed by atoms with Crippen LogP contribution in [-0.2, 0) is 10.0 Å². The summed E-state index contributed by atoms with van der Waals surface area (Å²) in [6.07, 6.45) is 0. The van der Waals surface area contributed by atoms with Crippen molar-refractivity contribution in [2.24, 2.45) is 0 Å². The number of benzene rings is 3. The van der Waals surface area contributed by atoms with Crippen LogP contribution in [0.4, 0.5) is 17.1 Å². The molecule has 4 rings (SSSR count). The monoisotopic (exact) mass is 493 g/mol. The van der Waals surface area contributed by atoms with E-state index in [0.717, 1.165) is 11.3 Å². The summed E-state index contributed by atoms with van der Waals surface area (Å²) in [4.78, 5) is 27.8. The highest BCUT2D eigenvalue weighted by Crippen LogP contribution is 2.28. The van der Waals surface area contributed by atoms with Crippen molar-refractivity contribution in [1.82, 2.24) is 0 Å². The number of rotatable bonds is 7. The van der Waals surface area contributed by atoms with Gasteiger partial charge in [0, 0.05) is 43.1 Å². The Morgan fingerprint density at radius 3 is 2.03 bits per heavy atom. The number of nitrogens with one attached hydrogen (secondary N) is 1. The molecule has 1 aliphatic rings. The summed E-state index contributed by atoms with van der Waals surface area (Å²) in [6.45, 7) is 5.96. The van der Waals surface area contributed by atoms with Crippen LogP contribution in [0.3, 0.4) is 0 Å². The molecule has 1 fully saturated rings. The minimum atomic E-state index is -3.84. The molecular weight excluding hydrogens is 466 g/mol. The maximum Gasteiger partial charge on any atom is 0.337 e. The topological polar surface area (TPSA) is 107 Å². The van der Waals surface area contributed by atoms with Crippen molar-refractivity contribution in [3.63, 3.8) is 0 Å². The van der Waals surface area contributed by atoms with Gasteiger partial charge in [0.05, 0.1) is 16.1 Å². The molecule has 1 aliphatic heterocycles. The molecule has 0 atom stereocenters. The molecule has 9 heteroatoms. The molecule has 8 nitrogen and oxygen atoms in total. The number of aryl methyl sites for hydroxylation is 1. The minimum absolute atomic E-state index is 0.0205. The smallest absolute Gasteiger partial charge is 0.337 e. The number of carbonyl (C=O) groups excluding carboxylic acids is 1. The van der Waals surface area contributed by atoms with Crippen LogP contribution in [0.25, 0.3) is 0 Å². The Hall–Kier alpha value is -3.85. The lowest BCUT2D eigenvalue weighted by molar-refractivity contribution is 0.0697. The summed E-state index contributed by atoms with van der Waals surface area (Å²) in [6, 6.07) is 18.5. The summed E-state index contributed by atoms with van der Waals surface area (Å²) in [7, 11) is -3.84. The van der Waals surface area contributed by atoms with E-state index in [0.29, 0.717) is 37.4 Å². The SMILES string of the molecule is CC(=O)c1ccc(N2CCN(c3ccc(NS(=O)(=O)c4ccc(C)cc4)cc3C(=O)O)CC2)cc1. The third-order valence-electron chi connectivity index (χ3n) is 6.07. The lowest BCUT2D eigenvalue weighted by Gasteiger charge is -2.38. The third-order valence-corrected chi connectivity index (χ3v) is 7.47. The number of carboxylic acid groups (broad SMARTS) is 1. The zero-order valence-electron chi connectivity index (χ0n) is 19.6. The Labute approximate surface area is 204 Å². The van der Waals surface area contributed by atoms with Crippen LogP contribution in [0.5, 0.6) is 0 Å². The van der Waals surface area contributed by atoms with Gasteiger partial charge in [0.2, 0.25) is 0 Å². The quantitative estimate of drug-likeness (QED) is 0.479. The van der Waals surface area contributed by atoms with Gasteiger partial charge < -0.3 is 14.9 Å². The highest BCUT2D eigenvalue weighted by molar-refractivity contribution is 7.92. The number of aromatic carboxylic acids is 1. The number of anilines is 3. The second-order valence-electron chi connectivity index (χ2n) is 8.53. The molecule has 2 N–H and O–H groups in total. The molecule has 3 aromatic carbocycles. The van der Waals surface area contributed by atoms with E-state index >= 15 is 0 Å². The Balaban J connectivity index is 1.49. The first-order valence-electron chi connectivity index (χ1n) is 11.2. The van der Waals surface area contributed by atoms with Crippen LogP contribution in [-0.4, -0.2) is 51.5 Å². The van der Waals surface area contributed by atoms with E-state index in [1.165, 1.54) is 25.1 Å². The predicted molar refractivity (Wildman–Crippen MR) is 136 cm³/mol. The second kappa shape index (κ2) is 9.79. The highest BCUT2D eigenvalue weighted by atomic mass is 32.2. The zero-order chi connectivity index (χ0) is 25.2. The Bertz CT molecular complexity index is 1340. The lowest BCUT2D eigenvalue weighted by atomic mass is 10.1. The van der Waals surface area contributed by atoms with Gasteiger partial charge in [-0.2, -0.15) is 0 Å². The average molecular weight is 494 g/mol. The van der Waals surface area contributed by atoms with Crippen LogP contribution in [0.2, 0.25) is 0 Å². The fraction of sp³-hybridized carbons (Fsp3) is 0.231. The molecule has 0 saturated carbocycles. The molecule has 0 aliphatic carbocycles. The molecule has 1 heterocycles. The molecular formula is C26H27N3O5S. The maximum atomic E-state index is 12.7. The molecule has 3 aromatic rings. The molecule has 0 spiro atoms. The van der Waals surface area contributed by atoms with Crippen molar-refractivity contribution in [2.75, 3.05) is 40.7 Å². The van der Waals surface area contributed by atoms with Gasteiger partial charge in [-0.25, -0.2) is 13.2 Å². The molecule has 0 amide bonds. The van der Waals surface area contributed by atoms with Gasteiger partial charge in [-0.3, -0.25) is 9.52 Å². The third kappa shape index (κ3) is 5.46. The number of nitrogens with zero attached hydrogens (tertiary/aromatic N) is 2. The number of hydrogen-bond acceptors (Lipinski definition) is 6. The Morgan fingerprint density at radius 1 is 0.857 bits per heavy atom. The Kier molecular flexibility index (Phi) is 6.79. The summed E-state index contributed by atoms with van der Waals surface area (Å²) >= 11 is 0. The van der Waals surface area contributed by atoms with E-state index < -0.39 is 16.0 Å². The molecule has 0 unspecified atom stereocenters. The predicted octanol–water partition coefficient (Wildman–Crippen LogP) is 4.02. The van der Waals surface area contributed by atoms with E-state index in [1.54, 1.807) is 24.3 Å². The van der Waals surface area contributed by atoms with E-state index in [2.05, 4.69) is 9.62 Å². The van der Waals surface area contributed by atoms with E-state index in [4.69, 9.17) is 0 Å². The summed E-state index contributed by atoms with van der Waals surface area (Å²) in [5.41, 5.74) is 3.38. The summed E-state index contributed by atoms with van der Waals surface area (Å²) in [5.74, 6) is -1.11. The van der Waals surface area contributed by atoms with Crippen molar-refractivity contribution in [3.05, 3.63) is 83.4 Å². The first kappa shape index (κ1) is 24.3. The fourth-order valence-electron chi connectivity index (χ4n) is 4.09. The van der Waals surface area contributed by atoms with Gasteiger partial charge in [0.1, 0.15) is 0 Å². The van der Waals surface area contributed by atoms with Crippen LogP contribution in [0.1, 0.15) is 33.2 Å². The molecule has 35 heavy (non-hydrogen) atoms. The van der Waals surface area contributed by atoms with Gasteiger partial charge in [0.15, 0.2) is 5.78 Å². The van der Waals surface area contributed by atoms with E-state index in [9.17, 15) is 23.1 Å². The van der Waals surface area contributed by atoms with Crippen LogP contribution in [0, 0.1) is 6.92 Å². The normalized spacial score (nSPS) is 14.0. The fourth-order valence-corrected chi connectivity index (χ4v) is 5.14. The molecule has 0 radical (unpaired) electrons. The van der Waals surface area contributed by atoms with Crippen molar-refractivity contribution >= 4 is 38.8 Å². The molecule has 182 valence electrons. The standard InChI is InChI=1S/C26H27N3O5S/c1-18-3-10-23(11-4-18)35(33,34)27-21-7-12-25(24(17-21)26(31)32)29-15-13-28(14-16-29)22-8-5-20(6-9-22)19(2)30/h3-12,17,27H,13-16H2,1-2H3,(H,31,32). The number of Topliss-reactive ketones (excluding diaryl/α,β-unsaturated/α-hetero) is 1. The molecule has 1 saturated heterocycles. The second-order valence-corrected chi connectivity index (χ2v) is 10.2. The highest BCUT2D eigenvalue weighted by Gasteiger charge is 2.23. The number of hydrogen-bond donors (Lipinski definition) is 2. The van der Waals surface area contributed by atoms with Crippen LogP contribution < -0.4 is 14.5 Å².